The highest BCUT2D eigenvalue weighted by Gasteiger charge is 2.19. The fraction of sp³-hybridized carbons (Fsp3) is 0.353. The van der Waals surface area contributed by atoms with Gasteiger partial charge in [0.05, 0.1) is 22.9 Å². The molecule has 0 aliphatic rings. The average Bonchev–Trinajstić information content (AvgIpc) is 2.96. The minimum Gasteiger partial charge on any atom is -0.478 e. The van der Waals surface area contributed by atoms with E-state index < -0.39 is 5.97 Å². The lowest BCUT2D eigenvalue weighted by atomic mass is 10.1. The number of nitrogens with zero attached hydrogens (tertiary/aromatic N) is 3. The zero-order valence-electron chi connectivity index (χ0n) is 13.8. The van der Waals surface area contributed by atoms with Gasteiger partial charge in [-0.05, 0) is 38.5 Å². The van der Waals surface area contributed by atoms with E-state index in [0.29, 0.717) is 12.1 Å². The van der Waals surface area contributed by atoms with Crippen LogP contribution < -0.4 is 0 Å². The lowest BCUT2D eigenvalue weighted by Gasteiger charge is -2.19. The molecule has 0 unspecified atom stereocenters. The summed E-state index contributed by atoms with van der Waals surface area (Å²) in [6, 6.07) is 6.50. The fourth-order valence-corrected chi connectivity index (χ4v) is 2.12. The first-order valence-corrected chi connectivity index (χ1v) is 7.31. The van der Waals surface area contributed by atoms with Gasteiger partial charge in [0.15, 0.2) is 0 Å². The lowest BCUT2D eigenvalue weighted by Crippen LogP contribution is -2.26. The van der Waals surface area contributed by atoms with Crippen LogP contribution in [-0.4, -0.2) is 38.7 Å². The van der Waals surface area contributed by atoms with Gasteiger partial charge in [-0.2, -0.15) is 5.10 Å². The summed E-state index contributed by atoms with van der Waals surface area (Å²) in [7, 11) is 1.71. The molecule has 0 aliphatic carbocycles. The van der Waals surface area contributed by atoms with Gasteiger partial charge in [0, 0.05) is 19.8 Å². The van der Waals surface area contributed by atoms with Crippen molar-refractivity contribution in [2.45, 2.75) is 32.9 Å². The van der Waals surface area contributed by atoms with Crippen LogP contribution in [0.25, 0.3) is 0 Å². The van der Waals surface area contributed by atoms with Crippen LogP contribution in [0.3, 0.4) is 0 Å². The van der Waals surface area contributed by atoms with E-state index in [2.05, 4.69) is 5.10 Å². The Bertz CT molecular complexity index is 711. The molecule has 122 valence electrons. The normalized spacial score (nSPS) is 11.3. The molecule has 0 radical (unpaired) electrons. The monoisotopic (exact) mass is 315 g/mol. The summed E-state index contributed by atoms with van der Waals surface area (Å²) in [5.74, 6) is -1.08. The second-order valence-electron chi connectivity index (χ2n) is 6.51. The molecule has 0 fully saturated rings. The highest BCUT2D eigenvalue weighted by atomic mass is 16.4. The molecular formula is C17H21N3O3. The minimum absolute atomic E-state index is 0.122. The Hall–Kier alpha value is -2.63. The fourth-order valence-electron chi connectivity index (χ4n) is 2.12. The third-order valence-electron chi connectivity index (χ3n) is 3.48. The Labute approximate surface area is 135 Å². The van der Waals surface area contributed by atoms with Crippen molar-refractivity contribution < 1.29 is 14.7 Å². The molecule has 0 atom stereocenters. The molecule has 0 aliphatic heterocycles. The Morgan fingerprint density at radius 2 is 1.78 bits per heavy atom. The van der Waals surface area contributed by atoms with Gasteiger partial charge in [0.2, 0.25) is 0 Å². The van der Waals surface area contributed by atoms with Crippen LogP contribution in [0.1, 0.15) is 47.1 Å². The maximum absolute atomic E-state index is 12.4. The molecule has 2 aromatic rings. The van der Waals surface area contributed by atoms with Gasteiger partial charge in [0.25, 0.3) is 5.91 Å². The van der Waals surface area contributed by atoms with Crippen LogP contribution in [0, 0.1) is 0 Å². The van der Waals surface area contributed by atoms with E-state index in [9.17, 15) is 9.59 Å². The summed E-state index contributed by atoms with van der Waals surface area (Å²) in [6.07, 6.45) is 3.31. The van der Waals surface area contributed by atoms with Crippen molar-refractivity contribution in [1.82, 2.24) is 14.7 Å². The molecule has 1 aromatic carbocycles. The van der Waals surface area contributed by atoms with Crippen molar-refractivity contribution in [2.75, 3.05) is 7.05 Å². The van der Waals surface area contributed by atoms with E-state index in [4.69, 9.17) is 5.11 Å². The number of rotatable bonds is 4. The first kappa shape index (κ1) is 16.7. The highest BCUT2D eigenvalue weighted by Crippen LogP contribution is 2.15. The standard InChI is InChI=1S/C17H21N3O3/c1-17(2,3)20-11-14(9-18-20)15(21)19(4)10-12-5-7-13(8-6-12)16(22)23/h5-9,11H,10H2,1-4H3,(H,22,23). The van der Waals surface area contributed by atoms with E-state index in [0.717, 1.165) is 5.56 Å². The second-order valence-corrected chi connectivity index (χ2v) is 6.51. The quantitative estimate of drug-likeness (QED) is 0.941. The van der Waals surface area contributed by atoms with Crippen LogP contribution in [0.15, 0.2) is 36.7 Å². The van der Waals surface area contributed by atoms with Gasteiger partial charge in [-0.25, -0.2) is 4.79 Å². The number of amides is 1. The van der Waals surface area contributed by atoms with Crippen molar-refractivity contribution in [3.63, 3.8) is 0 Å². The number of aromatic nitrogens is 2. The van der Waals surface area contributed by atoms with Crippen molar-refractivity contribution in [3.8, 4) is 0 Å². The molecule has 0 spiro atoms. The number of aromatic carboxylic acids is 1. The predicted molar refractivity (Wildman–Crippen MR) is 86.4 cm³/mol. The number of carbonyl (C=O) groups is 2. The summed E-state index contributed by atoms with van der Waals surface area (Å²) in [5, 5.41) is 13.1. The van der Waals surface area contributed by atoms with E-state index in [1.165, 1.54) is 12.1 Å². The van der Waals surface area contributed by atoms with E-state index in [1.807, 2.05) is 20.8 Å². The maximum atomic E-state index is 12.4. The Morgan fingerprint density at radius 3 is 2.26 bits per heavy atom. The molecule has 1 amide bonds. The molecule has 2 rings (SSSR count). The van der Waals surface area contributed by atoms with Crippen molar-refractivity contribution in [1.29, 1.82) is 0 Å². The number of hydrogen-bond acceptors (Lipinski definition) is 3. The summed E-state index contributed by atoms with van der Waals surface area (Å²) in [4.78, 5) is 24.9. The number of benzene rings is 1. The average molecular weight is 315 g/mol. The van der Waals surface area contributed by atoms with E-state index in [-0.39, 0.29) is 17.0 Å². The Kier molecular flexibility index (Phi) is 4.54. The molecule has 1 aromatic heterocycles. The largest absolute Gasteiger partial charge is 0.478 e. The first-order valence-electron chi connectivity index (χ1n) is 7.31. The van der Waals surface area contributed by atoms with Gasteiger partial charge < -0.3 is 10.0 Å². The SMILES string of the molecule is CN(Cc1ccc(C(=O)O)cc1)C(=O)c1cnn(C(C)(C)C)c1. The van der Waals surface area contributed by atoms with Crippen molar-refractivity contribution >= 4 is 11.9 Å². The highest BCUT2D eigenvalue weighted by molar-refractivity contribution is 5.93. The molecule has 0 saturated heterocycles. The summed E-state index contributed by atoms with van der Waals surface area (Å²) in [5.41, 5.74) is 1.46. The number of carboxylic acids is 1. The van der Waals surface area contributed by atoms with Gasteiger partial charge >= 0.3 is 5.97 Å². The minimum atomic E-state index is -0.962. The van der Waals surface area contributed by atoms with Crippen LogP contribution in [0.4, 0.5) is 0 Å². The smallest absolute Gasteiger partial charge is 0.335 e. The molecule has 0 saturated carbocycles. The number of hydrogen-bond donors (Lipinski definition) is 1. The Balaban J connectivity index is 2.08. The summed E-state index contributed by atoms with van der Waals surface area (Å²) >= 11 is 0. The van der Waals surface area contributed by atoms with Gasteiger partial charge in [-0.3, -0.25) is 9.48 Å². The molecule has 0 bridgehead atoms. The predicted octanol–water partition coefficient (Wildman–Crippen LogP) is 2.61. The third-order valence-corrected chi connectivity index (χ3v) is 3.48. The summed E-state index contributed by atoms with van der Waals surface area (Å²) < 4.78 is 1.76. The molecule has 6 heteroatoms. The molecule has 1 N–H and O–H groups in total. The lowest BCUT2D eigenvalue weighted by molar-refractivity contribution is 0.0695. The third kappa shape index (κ3) is 3.97. The molecule has 1 heterocycles. The molecule has 23 heavy (non-hydrogen) atoms. The van der Waals surface area contributed by atoms with Crippen LogP contribution in [0.5, 0.6) is 0 Å². The zero-order chi connectivity index (χ0) is 17.2. The van der Waals surface area contributed by atoms with Crippen molar-refractivity contribution in [2.24, 2.45) is 0 Å². The van der Waals surface area contributed by atoms with Crippen LogP contribution in [-0.2, 0) is 12.1 Å². The van der Waals surface area contributed by atoms with Crippen LogP contribution >= 0.6 is 0 Å². The second kappa shape index (κ2) is 6.24. The summed E-state index contributed by atoms with van der Waals surface area (Å²) in [6.45, 7) is 6.45. The van der Waals surface area contributed by atoms with Gasteiger partial charge in [0.1, 0.15) is 0 Å². The van der Waals surface area contributed by atoms with Gasteiger partial charge in [-0.15, -0.1) is 0 Å². The Morgan fingerprint density at radius 1 is 1.17 bits per heavy atom. The van der Waals surface area contributed by atoms with E-state index in [1.54, 1.807) is 41.2 Å². The van der Waals surface area contributed by atoms with Crippen LogP contribution in [0.2, 0.25) is 0 Å². The zero-order valence-corrected chi connectivity index (χ0v) is 13.8. The van der Waals surface area contributed by atoms with Gasteiger partial charge in [-0.1, -0.05) is 12.1 Å². The number of carbonyl (C=O) groups excluding carboxylic acids is 1. The maximum Gasteiger partial charge on any atom is 0.335 e. The van der Waals surface area contributed by atoms with E-state index >= 15 is 0 Å². The first-order chi connectivity index (χ1) is 10.7. The topological polar surface area (TPSA) is 75.4 Å². The molecule has 6 nitrogen and oxygen atoms in total. The van der Waals surface area contributed by atoms with Crippen molar-refractivity contribution in [3.05, 3.63) is 53.3 Å². The molecular weight excluding hydrogens is 294 g/mol. The number of carboxylic acid groups (broad SMARTS) is 1.